The highest BCUT2D eigenvalue weighted by atomic mass is 19.1. The number of hydrogen-bond acceptors (Lipinski definition) is 4. The Balaban J connectivity index is 1.58. The van der Waals surface area contributed by atoms with Gasteiger partial charge in [0.15, 0.2) is 6.10 Å². The third-order valence-electron chi connectivity index (χ3n) is 5.35. The highest BCUT2D eigenvalue weighted by Gasteiger charge is 2.60. The minimum atomic E-state index is -0.932. The molecule has 144 valence electrons. The summed E-state index contributed by atoms with van der Waals surface area (Å²) in [5, 5.41) is 1.66. The maximum Gasteiger partial charge on any atom is 0.266 e. The second kappa shape index (κ2) is 6.83. The molecule has 0 aliphatic carbocycles. The quantitative estimate of drug-likeness (QED) is 0.639. The van der Waals surface area contributed by atoms with Crippen molar-refractivity contribution in [3.8, 4) is 0 Å². The van der Waals surface area contributed by atoms with Crippen LogP contribution in [0.25, 0.3) is 0 Å². The summed E-state index contributed by atoms with van der Waals surface area (Å²) in [6.45, 7) is 0. The van der Waals surface area contributed by atoms with Crippen LogP contribution in [-0.4, -0.2) is 17.9 Å². The fourth-order valence-corrected chi connectivity index (χ4v) is 4.05. The summed E-state index contributed by atoms with van der Waals surface area (Å²) in [5.41, 5.74) is 1.99. The third kappa shape index (κ3) is 2.80. The van der Waals surface area contributed by atoms with Crippen LogP contribution in [0.4, 0.5) is 15.8 Å². The third-order valence-corrected chi connectivity index (χ3v) is 5.35. The van der Waals surface area contributed by atoms with Crippen LogP contribution in [0.1, 0.15) is 11.6 Å². The predicted molar refractivity (Wildman–Crippen MR) is 105 cm³/mol. The summed E-state index contributed by atoms with van der Waals surface area (Å²) in [7, 11) is 0. The average molecular weight is 388 g/mol. The van der Waals surface area contributed by atoms with Gasteiger partial charge in [-0.25, -0.2) is 14.4 Å². The Kier molecular flexibility index (Phi) is 4.14. The molecule has 2 amide bonds. The number of amides is 2. The van der Waals surface area contributed by atoms with E-state index in [0.29, 0.717) is 5.69 Å². The minimum Gasteiger partial charge on any atom is -0.273 e. The van der Waals surface area contributed by atoms with Gasteiger partial charge < -0.3 is 0 Å². The molecule has 2 fully saturated rings. The largest absolute Gasteiger partial charge is 0.273 e. The number of para-hydroxylation sites is 1. The van der Waals surface area contributed by atoms with Gasteiger partial charge in [-0.2, -0.15) is 0 Å². The van der Waals surface area contributed by atoms with E-state index < -0.39 is 29.8 Å². The molecule has 0 saturated carbocycles. The standard InChI is InChI=1S/C23H17FN2O3/c24-16-11-13-17(14-12-16)25-22(27)19-20(15-7-3-1-4-8-15)26(29-21(19)23(25)28)18-9-5-2-6-10-18/h1-14,19-21H/t19-,20+,21+/m0/s1. The maximum atomic E-state index is 13.3. The number of benzene rings is 3. The number of carbonyl (C=O) groups is 2. The molecule has 0 unspecified atom stereocenters. The van der Waals surface area contributed by atoms with E-state index >= 15 is 0 Å². The number of carbonyl (C=O) groups excluding carboxylic acids is 2. The first-order valence-electron chi connectivity index (χ1n) is 9.34. The molecule has 6 heteroatoms. The SMILES string of the molecule is O=C1[C@H]2[C@@H](c3ccccc3)N(c3ccccc3)O[C@H]2C(=O)N1c1ccc(F)cc1. The van der Waals surface area contributed by atoms with Crippen LogP contribution in [0, 0.1) is 11.7 Å². The summed E-state index contributed by atoms with van der Waals surface area (Å²) in [4.78, 5) is 33.6. The number of anilines is 2. The number of nitrogens with zero attached hydrogens (tertiary/aromatic N) is 2. The second-order valence-corrected chi connectivity index (χ2v) is 7.06. The molecule has 2 heterocycles. The van der Waals surface area contributed by atoms with E-state index in [9.17, 15) is 14.0 Å². The van der Waals surface area contributed by atoms with Crippen molar-refractivity contribution in [2.24, 2.45) is 5.92 Å². The van der Waals surface area contributed by atoms with Crippen molar-refractivity contribution in [2.45, 2.75) is 12.1 Å². The van der Waals surface area contributed by atoms with E-state index in [4.69, 9.17) is 4.84 Å². The smallest absolute Gasteiger partial charge is 0.266 e. The van der Waals surface area contributed by atoms with Gasteiger partial charge in [0.25, 0.3) is 5.91 Å². The summed E-state index contributed by atoms with van der Waals surface area (Å²) in [6, 6.07) is 23.8. The molecule has 0 aromatic heterocycles. The first-order valence-corrected chi connectivity index (χ1v) is 9.34. The topological polar surface area (TPSA) is 49.9 Å². The maximum absolute atomic E-state index is 13.3. The second-order valence-electron chi connectivity index (χ2n) is 7.06. The lowest BCUT2D eigenvalue weighted by atomic mass is 9.90. The van der Waals surface area contributed by atoms with E-state index in [0.717, 1.165) is 16.2 Å². The average Bonchev–Trinajstić information content (AvgIpc) is 3.27. The zero-order chi connectivity index (χ0) is 20.0. The number of rotatable bonds is 3. The normalized spacial score (nSPS) is 23.6. The lowest BCUT2D eigenvalue weighted by molar-refractivity contribution is -0.126. The van der Waals surface area contributed by atoms with Crippen molar-refractivity contribution in [1.29, 1.82) is 0 Å². The van der Waals surface area contributed by atoms with Crippen LogP contribution >= 0.6 is 0 Å². The van der Waals surface area contributed by atoms with Crippen molar-refractivity contribution in [1.82, 2.24) is 0 Å². The van der Waals surface area contributed by atoms with Crippen molar-refractivity contribution < 1.29 is 18.8 Å². The molecule has 3 atom stereocenters. The highest BCUT2D eigenvalue weighted by molar-refractivity contribution is 6.23. The molecule has 3 aromatic carbocycles. The van der Waals surface area contributed by atoms with Gasteiger partial charge in [-0.05, 0) is 42.0 Å². The first kappa shape index (κ1) is 17.6. The van der Waals surface area contributed by atoms with Crippen molar-refractivity contribution in [2.75, 3.05) is 9.96 Å². The van der Waals surface area contributed by atoms with E-state index in [-0.39, 0.29) is 5.91 Å². The van der Waals surface area contributed by atoms with Crippen LogP contribution in [-0.2, 0) is 14.4 Å². The molecular formula is C23H17FN2O3. The van der Waals surface area contributed by atoms with Gasteiger partial charge in [-0.1, -0.05) is 48.5 Å². The van der Waals surface area contributed by atoms with Gasteiger partial charge in [0.2, 0.25) is 5.91 Å². The van der Waals surface area contributed by atoms with Gasteiger partial charge in [-0.15, -0.1) is 0 Å². The summed E-state index contributed by atoms with van der Waals surface area (Å²) >= 11 is 0. The van der Waals surface area contributed by atoms with Crippen molar-refractivity contribution >= 4 is 23.2 Å². The van der Waals surface area contributed by atoms with Crippen LogP contribution in [0.5, 0.6) is 0 Å². The van der Waals surface area contributed by atoms with E-state index in [1.54, 1.807) is 5.06 Å². The van der Waals surface area contributed by atoms with E-state index in [1.807, 2.05) is 60.7 Å². The van der Waals surface area contributed by atoms with Crippen molar-refractivity contribution in [3.05, 3.63) is 96.3 Å². The zero-order valence-corrected chi connectivity index (χ0v) is 15.3. The van der Waals surface area contributed by atoms with Gasteiger partial charge in [-0.3, -0.25) is 14.4 Å². The molecule has 29 heavy (non-hydrogen) atoms. The Morgan fingerprint density at radius 3 is 2.00 bits per heavy atom. The molecule has 0 N–H and O–H groups in total. The van der Waals surface area contributed by atoms with Gasteiger partial charge in [0.05, 0.1) is 17.4 Å². The number of fused-ring (bicyclic) bond motifs is 1. The number of imide groups is 1. The summed E-state index contributed by atoms with van der Waals surface area (Å²) in [6.07, 6.45) is -0.932. The van der Waals surface area contributed by atoms with Crippen LogP contribution < -0.4 is 9.96 Å². The Bertz CT molecular complexity index is 1060. The monoisotopic (exact) mass is 388 g/mol. The summed E-state index contributed by atoms with van der Waals surface area (Å²) in [5.74, 6) is -1.92. The van der Waals surface area contributed by atoms with Crippen LogP contribution in [0.2, 0.25) is 0 Å². The lowest BCUT2D eigenvalue weighted by Gasteiger charge is -2.28. The lowest BCUT2D eigenvalue weighted by Crippen LogP contribution is -2.37. The minimum absolute atomic E-state index is 0.345. The van der Waals surface area contributed by atoms with Gasteiger partial charge >= 0.3 is 0 Å². The molecule has 2 aliphatic rings. The van der Waals surface area contributed by atoms with Crippen LogP contribution in [0.15, 0.2) is 84.9 Å². The molecule has 0 spiro atoms. The molecular weight excluding hydrogens is 371 g/mol. The number of hydrogen-bond donors (Lipinski definition) is 0. The van der Waals surface area contributed by atoms with Gasteiger partial charge in [0.1, 0.15) is 11.7 Å². The molecule has 2 saturated heterocycles. The number of hydroxylamine groups is 1. The van der Waals surface area contributed by atoms with Crippen LogP contribution in [0.3, 0.4) is 0 Å². The fourth-order valence-electron chi connectivity index (χ4n) is 4.05. The Morgan fingerprint density at radius 2 is 1.34 bits per heavy atom. The number of halogens is 1. The molecule has 3 aromatic rings. The Labute approximate surface area is 166 Å². The van der Waals surface area contributed by atoms with Crippen molar-refractivity contribution in [3.63, 3.8) is 0 Å². The van der Waals surface area contributed by atoms with Gasteiger partial charge in [0, 0.05) is 0 Å². The first-order chi connectivity index (χ1) is 14.1. The van der Waals surface area contributed by atoms with E-state index in [1.165, 1.54) is 24.3 Å². The molecule has 5 rings (SSSR count). The Hall–Kier alpha value is -3.51. The Morgan fingerprint density at radius 1 is 0.724 bits per heavy atom. The van der Waals surface area contributed by atoms with E-state index in [2.05, 4.69) is 0 Å². The fraction of sp³-hybridized carbons (Fsp3) is 0.130. The zero-order valence-electron chi connectivity index (χ0n) is 15.3. The summed E-state index contributed by atoms with van der Waals surface area (Å²) < 4.78 is 13.3. The molecule has 2 aliphatic heterocycles. The molecule has 0 bridgehead atoms. The molecule has 0 radical (unpaired) electrons. The highest BCUT2D eigenvalue weighted by Crippen LogP contribution is 2.47. The molecule has 5 nitrogen and oxygen atoms in total. The predicted octanol–water partition coefficient (Wildman–Crippen LogP) is 3.88.